The predicted molar refractivity (Wildman–Crippen MR) is 144 cm³/mol. The number of rotatable bonds is 10. The van der Waals surface area contributed by atoms with Crippen LogP contribution < -0.4 is 27.0 Å². The zero-order chi connectivity index (χ0) is 25.3. The Kier molecular flexibility index (Phi) is 8.33. The molecule has 0 atom stereocenters. The van der Waals surface area contributed by atoms with Gasteiger partial charge in [-0.25, -0.2) is 4.98 Å². The number of nitrogens with one attached hydrogen (secondary N) is 4. The molecule has 0 unspecified atom stereocenters. The van der Waals surface area contributed by atoms with Crippen molar-refractivity contribution in [3.63, 3.8) is 0 Å². The Bertz CT molecular complexity index is 1190. The third-order valence-electron chi connectivity index (χ3n) is 6.10. The molecule has 6 N–H and O–H groups in total. The molecular formula is C27H33N7O2. The summed E-state index contributed by atoms with van der Waals surface area (Å²) in [6.07, 6.45) is 8.55. The lowest BCUT2D eigenvalue weighted by molar-refractivity contribution is 0.0997. The van der Waals surface area contributed by atoms with Crippen molar-refractivity contribution in [3.8, 4) is 0 Å². The van der Waals surface area contributed by atoms with Gasteiger partial charge in [-0.1, -0.05) is 32.3 Å². The molecule has 2 aromatic carbocycles. The number of nitrogens with zero attached hydrogens (tertiary/aromatic N) is 2. The monoisotopic (exact) mass is 487 g/mol. The van der Waals surface area contributed by atoms with Gasteiger partial charge in [0.1, 0.15) is 11.4 Å². The molecule has 0 spiro atoms. The second-order valence-corrected chi connectivity index (χ2v) is 8.96. The number of nitrogens with two attached hydrogens (primary N) is 1. The van der Waals surface area contributed by atoms with E-state index in [1.807, 2.05) is 31.2 Å². The van der Waals surface area contributed by atoms with E-state index in [9.17, 15) is 9.59 Å². The molecule has 0 bridgehead atoms. The van der Waals surface area contributed by atoms with Crippen molar-refractivity contribution in [2.45, 2.75) is 51.5 Å². The van der Waals surface area contributed by atoms with E-state index < -0.39 is 5.91 Å². The first-order chi connectivity index (χ1) is 17.5. The molecule has 0 radical (unpaired) electrons. The van der Waals surface area contributed by atoms with E-state index in [1.54, 1.807) is 24.3 Å². The summed E-state index contributed by atoms with van der Waals surface area (Å²) < 4.78 is 0. The van der Waals surface area contributed by atoms with E-state index in [4.69, 9.17) is 5.73 Å². The number of primary amides is 1. The Morgan fingerprint density at radius 3 is 2.47 bits per heavy atom. The van der Waals surface area contributed by atoms with E-state index in [0.29, 0.717) is 46.9 Å². The molecule has 2 amide bonds. The first-order valence-corrected chi connectivity index (χ1v) is 12.5. The molecular weight excluding hydrogens is 454 g/mol. The molecule has 1 heterocycles. The van der Waals surface area contributed by atoms with E-state index in [0.717, 1.165) is 12.1 Å². The fourth-order valence-corrected chi connectivity index (χ4v) is 4.20. The number of carbonyl (C=O) groups is 2. The summed E-state index contributed by atoms with van der Waals surface area (Å²) in [7, 11) is 0. The number of carbonyl (C=O) groups excluding carboxylic acids is 2. The lowest BCUT2D eigenvalue weighted by Crippen LogP contribution is -2.22. The fourth-order valence-electron chi connectivity index (χ4n) is 4.20. The van der Waals surface area contributed by atoms with Crippen molar-refractivity contribution in [1.82, 2.24) is 9.97 Å². The van der Waals surface area contributed by atoms with Gasteiger partial charge in [0.05, 0.1) is 0 Å². The van der Waals surface area contributed by atoms with Gasteiger partial charge in [-0.3, -0.25) is 9.59 Å². The highest BCUT2D eigenvalue weighted by Crippen LogP contribution is 2.24. The van der Waals surface area contributed by atoms with Gasteiger partial charge < -0.3 is 27.0 Å². The quantitative estimate of drug-likeness (QED) is 0.267. The Morgan fingerprint density at radius 2 is 1.75 bits per heavy atom. The van der Waals surface area contributed by atoms with Crippen molar-refractivity contribution in [1.29, 1.82) is 0 Å². The zero-order valence-electron chi connectivity index (χ0n) is 20.5. The maximum absolute atomic E-state index is 13.2. The van der Waals surface area contributed by atoms with Gasteiger partial charge in [0, 0.05) is 41.4 Å². The third kappa shape index (κ3) is 6.71. The van der Waals surface area contributed by atoms with Crippen LogP contribution in [0.1, 0.15) is 66.2 Å². The van der Waals surface area contributed by atoms with Crippen molar-refractivity contribution in [2.24, 2.45) is 5.73 Å². The zero-order valence-corrected chi connectivity index (χ0v) is 20.5. The molecule has 1 aliphatic carbocycles. The highest BCUT2D eigenvalue weighted by molar-refractivity contribution is 6.07. The highest BCUT2D eigenvalue weighted by atomic mass is 16.2. The summed E-state index contributed by atoms with van der Waals surface area (Å²) in [4.78, 5) is 33.3. The van der Waals surface area contributed by atoms with Gasteiger partial charge in [-0.05, 0) is 61.7 Å². The third-order valence-corrected chi connectivity index (χ3v) is 6.10. The minimum Gasteiger partial charge on any atom is -0.382 e. The molecule has 4 rings (SSSR count). The summed E-state index contributed by atoms with van der Waals surface area (Å²) in [6, 6.07) is 15.0. The van der Waals surface area contributed by atoms with Crippen LogP contribution in [0.25, 0.3) is 0 Å². The summed E-state index contributed by atoms with van der Waals surface area (Å²) >= 11 is 0. The van der Waals surface area contributed by atoms with Crippen LogP contribution in [-0.2, 0) is 0 Å². The SMILES string of the molecule is CCCNc1nc(Nc2ccc(C(N)=O)cc2)ncc1C(=O)Nc1cccc(NC2CCCCC2)c1. The van der Waals surface area contributed by atoms with Crippen LogP contribution in [0.15, 0.2) is 54.7 Å². The number of benzene rings is 2. The fraction of sp³-hybridized carbons (Fsp3) is 0.333. The van der Waals surface area contributed by atoms with E-state index >= 15 is 0 Å². The average Bonchev–Trinajstić information content (AvgIpc) is 2.88. The van der Waals surface area contributed by atoms with E-state index in [1.165, 1.54) is 38.3 Å². The van der Waals surface area contributed by atoms with Crippen molar-refractivity contribution in [2.75, 3.05) is 27.8 Å². The molecule has 1 aromatic heterocycles. The first-order valence-electron chi connectivity index (χ1n) is 12.5. The second-order valence-electron chi connectivity index (χ2n) is 8.96. The number of amides is 2. The van der Waals surface area contributed by atoms with Crippen LogP contribution >= 0.6 is 0 Å². The van der Waals surface area contributed by atoms with Crippen LogP contribution in [0.5, 0.6) is 0 Å². The average molecular weight is 488 g/mol. The maximum Gasteiger partial charge on any atom is 0.260 e. The Hall–Kier alpha value is -4.14. The Labute approximate surface area is 211 Å². The summed E-state index contributed by atoms with van der Waals surface area (Å²) in [5.74, 6) is -0.0111. The summed E-state index contributed by atoms with van der Waals surface area (Å²) in [5, 5.41) is 12.9. The standard InChI is InChI=1S/C27H33N7O2/c1-2-15-29-25-23(17-30-27(34-25)33-20-13-11-18(12-14-20)24(28)35)26(36)32-22-10-6-9-21(16-22)31-19-7-4-3-5-8-19/h6,9-14,16-17,19,31H,2-5,7-8,15H2,1H3,(H2,28,35)(H,32,36)(H2,29,30,33,34). The lowest BCUT2D eigenvalue weighted by Gasteiger charge is -2.24. The second kappa shape index (κ2) is 12.0. The minimum atomic E-state index is -0.491. The van der Waals surface area contributed by atoms with Gasteiger partial charge in [-0.15, -0.1) is 0 Å². The Balaban J connectivity index is 1.47. The van der Waals surface area contributed by atoms with E-state index in [2.05, 4.69) is 31.2 Å². The molecule has 1 fully saturated rings. The number of hydrogen-bond donors (Lipinski definition) is 5. The van der Waals surface area contributed by atoms with Crippen LogP contribution in [0.2, 0.25) is 0 Å². The molecule has 0 saturated heterocycles. The van der Waals surface area contributed by atoms with Gasteiger partial charge in [0.25, 0.3) is 5.91 Å². The molecule has 1 aliphatic rings. The largest absolute Gasteiger partial charge is 0.382 e. The molecule has 9 heteroatoms. The number of aromatic nitrogens is 2. The molecule has 1 saturated carbocycles. The normalized spacial score (nSPS) is 13.6. The maximum atomic E-state index is 13.2. The van der Waals surface area contributed by atoms with Crippen molar-refractivity contribution in [3.05, 3.63) is 65.9 Å². The van der Waals surface area contributed by atoms with Gasteiger partial charge >= 0.3 is 0 Å². The van der Waals surface area contributed by atoms with Gasteiger partial charge in [0.15, 0.2) is 0 Å². The number of anilines is 5. The van der Waals surface area contributed by atoms with E-state index in [-0.39, 0.29) is 5.91 Å². The van der Waals surface area contributed by atoms with Crippen molar-refractivity contribution < 1.29 is 9.59 Å². The molecule has 36 heavy (non-hydrogen) atoms. The minimum absolute atomic E-state index is 0.291. The highest BCUT2D eigenvalue weighted by Gasteiger charge is 2.17. The predicted octanol–water partition coefficient (Wildman–Crippen LogP) is 5.14. The molecule has 9 nitrogen and oxygen atoms in total. The summed E-state index contributed by atoms with van der Waals surface area (Å²) in [5.41, 5.74) is 8.47. The molecule has 3 aromatic rings. The lowest BCUT2D eigenvalue weighted by atomic mass is 9.95. The first kappa shape index (κ1) is 25.0. The number of hydrogen-bond acceptors (Lipinski definition) is 7. The van der Waals surface area contributed by atoms with Crippen LogP contribution in [0.3, 0.4) is 0 Å². The smallest absolute Gasteiger partial charge is 0.260 e. The van der Waals surface area contributed by atoms with Crippen LogP contribution in [0, 0.1) is 0 Å². The van der Waals surface area contributed by atoms with Crippen LogP contribution in [0.4, 0.5) is 28.8 Å². The Morgan fingerprint density at radius 1 is 1.00 bits per heavy atom. The van der Waals surface area contributed by atoms with Gasteiger partial charge in [-0.2, -0.15) is 4.98 Å². The van der Waals surface area contributed by atoms with Gasteiger partial charge in [0.2, 0.25) is 11.9 Å². The molecule has 188 valence electrons. The molecule has 0 aliphatic heterocycles. The van der Waals surface area contributed by atoms with Crippen molar-refractivity contribution >= 4 is 40.6 Å². The summed E-state index contributed by atoms with van der Waals surface area (Å²) in [6.45, 7) is 2.70. The topological polar surface area (TPSA) is 134 Å². The van der Waals surface area contributed by atoms with Crippen LogP contribution in [-0.4, -0.2) is 34.4 Å².